The van der Waals surface area contributed by atoms with Crippen molar-refractivity contribution >= 4 is 0 Å². The highest BCUT2D eigenvalue weighted by molar-refractivity contribution is 5.43. The Balaban J connectivity index is 2.12. The van der Waals surface area contributed by atoms with Gasteiger partial charge >= 0.3 is 0 Å². The van der Waals surface area contributed by atoms with Crippen molar-refractivity contribution in [2.24, 2.45) is 0 Å². The van der Waals surface area contributed by atoms with Crippen LogP contribution in [0, 0.1) is 20.8 Å². The lowest BCUT2D eigenvalue weighted by Gasteiger charge is -2.11. The summed E-state index contributed by atoms with van der Waals surface area (Å²) in [5.74, 6) is 0. The summed E-state index contributed by atoms with van der Waals surface area (Å²) in [7, 11) is 1.72. The molecule has 0 bridgehead atoms. The van der Waals surface area contributed by atoms with Crippen molar-refractivity contribution in [1.29, 1.82) is 0 Å². The average molecular weight is 273 g/mol. The molecule has 0 unspecified atom stereocenters. The Bertz CT molecular complexity index is 575. The van der Waals surface area contributed by atoms with Gasteiger partial charge in [0.05, 0.1) is 18.0 Å². The zero-order valence-corrected chi connectivity index (χ0v) is 12.7. The molecule has 4 heteroatoms. The van der Waals surface area contributed by atoms with Crippen LogP contribution in [0.15, 0.2) is 24.3 Å². The van der Waals surface area contributed by atoms with E-state index in [0.717, 1.165) is 36.8 Å². The second kappa shape index (κ2) is 6.68. The predicted octanol–water partition coefficient (Wildman–Crippen LogP) is 2.53. The molecule has 0 spiro atoms. The van der Waals surface area contributed by atoms with Gasteiger partial charge in [0.25, 0.3) is 0 Å². The summed E-state index contributed by atoms with van der Waals surface area (Å²) in [6, 6.07) is 8.60. The van der Waals surface area contributed by atoms with Crippen LogP contribution in [0.1, 0.15) is 22.5 Å². The van der Waals surface area contributed by atoms with Crippen molar-refractivity contribution in [2.45, 2.75) is 27.3 Å². The number of methoxy groups -OCH3 is 1. The molecule has 0 saturated heterocycles. The molecule has 2 aromatic rings. The Morgan fingerprint density at radius 3 is 2.60 bits per heavy atom. The third kappa shape index (κ3) is 3.46. The third-order valence-electron chi connectivity index (χ3n) is 3.31. The van der Waals surface area contributed by atoms with Gasteiger partial charge in [0.2, 0.25) is 0 Å². The number of rotatable bonds is 6. The Hall–Kier alpha value is -1.65. The summed E-state index contributed by atoms with van der Waals surface area (Å²) in [6.45, 7) is 8.70. The van der Waals surface area contributed by atoms with Gasteiger partial charge in [-0.15, -0.1) is 0 Å². The van der Waals surface area contributed by atoms with Crippen LogP contribution in [-0.2, 0) is 11.3 Å². The number of nitrogens with one attached hydrogen (secondary N) is 1. The lowest BCUT2D eigenvalue weighted by atomic mass is 10.1. The van der Waals surface area contributed by atoms with Crippen LogP contribution in [0.3, 0.4) is 0 Å². The van der Waals surface area contributed by atoms with Gasteiger partial charge in [0.1, 0.15) is 0 Å². The molecule has 4 nitrogen and oxygen atoms in total. The second-order valence-electron chi connectivity index (χ2n) is 5.13. The monoisotopic (exact) mass is 273 g/mol. The number of benzene rings is 1. The predicted molar refractivity (Wildman–Crippen MR) is 81.4 cm³/mol. The molecule has 0 aliphatic rings. The van der Waals surface area contributed by atoms with Crippen LogP contribution in [0.4, 0.5) is 0 Å². The van der Waals surface area contributed by atoms with E-state index in [0.29, 0.717) is 0 Å². The largest absolute Gasteiger partial charge is 0.383 e. The van der Waals surface area contributed by atoms with Crippen LogP contribution in [-0.4, -0.2) is 30.0 Å². The smallest absolute Gasteiger partial charge is 0.0678 e. The fourth-order valence-corrected chi connectivity index (χ4v) is 2.34. The van der Waals surface area contributed by atoms with E-state index in [-0.39, 0.29) is 0 Å². The zero-order chi connectivity index (χ0) is 14.5. The van der Waals surface area contributed by atoms with Gasteiger partial charge in [0.15, 0.2) is 0 Å². The van der Waals surface area contributed by atoms with Gasteiger partial charge in [-0.1, -0.05) is 12.1 Å². The lowest BCUT2D eigenvalue weighted by molar-refractivity contribution is 0.199. The maximum atomic E-state index is 5.02. The first-order valence-electron chi connectivity index (χ1n) is 6.94. The first-order chi connectivity index (χ1) is 9.61. The summed E-state index contributed by atoms with van der Waals surface area (Å²) in [5.41, 5.74) is 5.88. The summed E-state index contributed by atoms with van der Waals surface area (Å²) in [5, 5.41) is 7.90. The summed E-state index contributed by atoms with van der Waals surface area (Å²) < 4.78 is 7.03. The average Bonchev–Trinajstić information content (AvgIpc) is 2.74. The molecule has 0 radical (unpaired) electrons. The summed E-state index contributed by atoms with van der Waals surface area (Å²) in [4.78, 5) is 0. The summed E-state index contributed by atoms with van der Waals surface area (Å²) >= 11 is 0. The van der Waals surface area contributed by atoms with E-state index in [1.165, 1.54) is 11.1 Å². The minimum atomic E-state index is 0.739. The highest BCUT2D eigenvalue weighted by Gasteiger charge is 2.07. The fraction of sp³-hybridized carbons (Fsp3) is 0.438. The molecular weight excluding hydrogens is 250 g/mol. The fourth-order valence-electron chi connectivity index (χ4n) is 2.34. The molecule has 0 aliphatic heterocycles. The molecule has 0 atom stereocenters. The van der Waals surface area contributed by atoms with Crippen molar-refractivity contribution in [2.75, 3.05) is 20.3 Å². The highest BCUT2D eigenvalue weighted by Crippen LogP contribution is 2.18. The van der Waals surface area contributed by atoms with Crippen molar-refractivity contribution in [3.05, 3.63) is 46.8 Å². The first-order valence-corrected chi connectivity index (χ1v) is 6.94. The molecule has 0 amide bonds. The number of hydrogen-bond donors (Lipinski definition) is 1. The van der Waals surface area contributed by atoms with Gasteiger partial charge in [-0.25, -0.2) is 4.68 Å². The second-order valence-corrected chi connectivity index (χ2v) is 5.13. The number of nitrogens with zero attached hydrogens (tertiary/aromatic N) is 2. The Morgan fingerprint density at radius 1 is 1.20 bits per heavy atom. The molecule has 0 fully saturated rings. The standard InChI is InChI=1S/C16H23N3O/c1-12-9-15(11-17-7-8-20-4)5-6-16(12)19-14(3)10-13(2)18-19/h5-6,9-10,17H,7-8,11H2,1-4H3. The van der Waals surface area contributed by atoms with Gasteiger partial charge in [0, 0.05) is 25.9 Å². The number of aromatic nitrogens is 2. The topological polar surface area (TPSA) is 39.1 Å². The van der Waals surface area contributed by atoms with E-state index in [1.807, 2.05) is 11.6 Å². The van der Waals surface area contributed by atoms with Crippen molar-refractivity contribution in [1.82, 2.24) is 15.1 Å². The van der Waals surface area contributed by atoms with Gasteiger partial charge in [-0.2, -0.15) is 5.10 Å². The third-order valence-corrected chi connectivity index (χ3v) is 3.31. The SMILES string of the molecule is COCCNCc1ccc(-n2nc(C)cc2C)c(C)c1. The molecule has 108 valence electrons. The van der Waals surface area contributed by atoms with Crippen molar-refractivity contribution < 1.29 is 4.74 Å². The minimum absolute atomic E-state index is 0.739. The van der Waals surface area contributed by atoms with Crippen molar-refractivity contribution in [3.8, 4) is 5.69 Å². The lowest BCUT2D eigenvalue weighted by Crippen LogP contribution is -2.18. The number of ether oxygens (including phenoxy) is 1. The quantitative estimate of drug-likeness (QED) is 0.822. The van der Waals surface area contributed by atoms with Gasteiger partial charge in [-0.3, -0.25) is 0 Å². The number of aryl methyl sites for hydroxylation is 3. The van der Waals surface area contributed by atoms with E-state index in [1.54, 1.807) is 7.11 Å². The van der Waals surface area contributed by atoms with Gasteiger partial charge < -0.3 is 10.1 Å². The van der Waals surface area contributed by atoms with Crippen LogP contribution in [0.2, 0.25) is 0 Å². The molecule has 0 saturated carbocycles. The molecule has 1 N–H and O–H groups in total. The van der Waals surface area contributed by atoms with Crippen LogP contribution >= 0.6 is 0 Å². The van der Waals surface area contributed by atoms with Crippen LogP contribution in [0.5, 0.6) is 0 Å². The van der Waals surface area contributed by atoms with Crippen LogP contribution in [0.25, 0.3) is 5.69 Å². The van der Waals surface area contributed by atoms with E-state index in [2.05, 4.69) is 48.5 Å². The maximum absolute atomic E-state index is 5.02. The highest BCUT2D eigenvalue weighted by atomic mass is 16.5. The van der Waals surface area contributed by atoms with Crippen molar-refractivity contribution in [3.63, 3.8) is 0 Å². The molecular formula is C16H23N3O. The van der Waals surface area contributed by atoms with Gasteiger partial charge in [-0.05, 0) is 44.0 Å². The first kappa shape index (κ1) is 14.8. The minimum Gasteiger partial charge on any atom is -0.383 e. The van der Waals surface area contributed by atoms with E-state index >= 15 is 0 Å². The van der Waals surface area contributed by atoms with E-state index < -0.39 is 0 Å². The normalized spacial score (nSPS) is 11.0. The molecule has 20 heavy (non-hydrogen) atoms. The Morgan fingerprint density at radius 2 is 2.00 bits per heavy atom. The van der Waals surface area contributed by atoms with Crippen LogP contribution < -0.4 is 5.32 Å². The Labute approximate surface area is 120 Å². The zero-order valence-electron chi connectivity index (χ0n) is 12.7. The van der Waals surface area contributed by atoms with E-state index in [9.17, 15) is 0 Å². The summed E-state index contributed by atoms with van der Waals surface area (Å²) in [6.07, 6.45) is 0. The molecule has 0 aliphatic carbocycles. The molecule has 2 rings (SSSR count). The Kier molecular flexibility index (Phi) is 4.93. The maximum Gasteiger partial charge on any atom is 0.0678 e. The molecule has 1 aromatic heterocycles. The molecule has 1 heterocycles. The molecule has 1 aromatic carbocycles. The van der Waals surface area contributed by atoms with E-state index in [4.69, 9.17) is 4.74 Å². The number of hydrogen-bond acceptors (Lipinski definition) is 3.